The molecule has 0 saturated heterocycles. The Hall–Kier alpha value is -3.58. The van der Waals surface area contributed by atoms with Crippen molar-refractivity contribution in [3.05, 3.63) is 98.3 Å². The fourth-order valence-corrected chi connectivity index (χ4v) is 4.57. The summed E-state index contributed by atoms with van der Waals surface area (Å²) < 4.78 is 17.7. The van der Waals surface area contributed by atoms with Gasteiger partial charge in [0.25, 0.3) is 5.91 Å². The molecular weight excluding hydrogens is 486 g/mol. The molecule has 1 aliphatic rings. The highest BCUT2D eigenvalue weighted by Crippen LogP contribution is 2.42. The van der Waals surface area contributed by atoms with E-state index < -0.39 is 6.04 Å². The van der Waals surface area contributed by atoms with Crippen LogP contribution in [0.4, 0.5) is 5.69 Å². The summed E-state index contributed by atoms with van der Waals surface area (Å²) in [5.74, 6) is 1.02. The average Bonchev–Trinajstić information content (AvgIpc) is 3.13. The minimum absolute atomic E-state index is 0.0523. The molecule has 0 aliphatic carbocycles. The molecule has 0 bridgehead atoms. The fraction of sp³-hybridized carbons (Fsp3) is 0.154. The van der Waals surface area contributed by atoms with E-state index in [0.717, 1.165) is 10.0 Å². The molecule has 6 nitrogen and oxygen atoms in total. The molecule has 33 heavy (non-hydrogen) atoms. The molecule has 0 spiro atoms. The van der Waals surface area contributed by atoms with Crippen LogP contribution in [0.25, 0.3) is 11.0 Å². The molecule has 3 aromatic carbocycles. The first-order valence-corrected chi connectivity index (χ1v) is 11.3. The van der Waals surface area contributed by atoms with Crippen molar-refractivity contribution in [2.75, 3.05) is 18.6 Å². The molecule has 5 rings (SSSR count). The Kier molecular flexibility index (Phi) is 5.42. The first kappa shape index (κ1) is 21.3. The summed E-state index contributed by atoms with van der Waals surface area (Å²) in [4.78, 5) is 28.9. The first-order valence-electron chi connectivity index (χ1n) is 10.5. The number of hydrogen-bond donors (Lipinski definition) is 0. The maximum Gasteiger partial charge on any atom is 0.295 e. The predicted octanol–water partition coefficient (Wildman–Crippen LogP) is 5.71. The van der Waals surface area contributed by atoms with E-state index in [1.165, 1.54) is 0 Å². The summed E-state index contributed by atoms with van der Waals surface area (Å²) >= 11 is 3.42. The Morgan fingerprint density at radius 3 is 2.52 bits per heavy atom. The normalized spacial score (nSPS) is 15.1. The number of rotatable bonds is 5. The third kappa shape index (κ3) is 3.58. The smallest absolute Gasteiger partial charge is 0.295 e. The van der Waals surface area contributed by atoms with E-state index in [2.05, 4.69) is 15.9 Å². The van der Waals surface area contributed by atoms with Gasteiger partial charge in [0.1, 0.15) is 17.1 Å². The molecule has 0 radical (unpaired) electrons. The largest absolute Gasteiger partial charge is 0.497 e. The predicted molar refractivity (Wildman–Crippen MR) is 129 cm³/mol. The second-order valence-electron chi connectivity index (χ2n) is 7.60. The van der Waals surface area contributed by atoms with Crippen LogP contribution in [0.3, 0.4) is 0 Å². The third-order valence-corrected chi connectivity index (χ3v) is 6.16. The van der Waals surface area contributed by atoms with Crippen LogP contribution < -0.4 is 19.8 Å². The Morgan fingerprint density at radius 2 is 1.79 bits per heavy atom. The number of anilines is 1. The number of carbonyl (C=O) groups is 1. The zero-order valence-electron chi connectivity index (χ0n) is 18.0. The summed E-state index contributed by atoms with van der Waals surface area (Å²) in [6, 6.07) is 19.1. The number of carbonyl (C=O) groups excluding carboxylic acids is 1. The quantitative estimate of drug-likeness (QED) is 0.347. The summed E-state index contributed by atoms with van der Waals surface area (Å²) in [6.07, 6.45) is 0. The summed E-state index contributed by atoms with van der Waals surface area (Å²) in [6.45, 7) is 2.45. The van der Waals surface area contributed by atoms with Crippen molar-refractivity contribution >= 4 is 38.5 Å². The minimum Gasteiger partial charge on any atom is -0.497 e. The highest BCUT2D eigenvalue weighted by Gasteiger charge is 2.43. The SMILES string of the molecule is CCOc1ccc(N2C(=O)c3oc4ccc(Br)cc4c(=O)c3C2c2cccc(OC)c2)cc1. The summed E-state index contributed by atoms with van der Waals surface area (Å²) in [5.41, 5.74) is 1.83. The zero-order valence-corrected chi connectivity index (χ0v) is 19.6. The van der Waals surface area contributed by atoms with Crippen LogP contribution in [0, 0.1) is 0 Å². The van der Waals surface area contributed by atoms with Gasteiger partial charge in [-0.05, 0) is 67.1 Å². The van der Waals surface area contributed by atoms with Crippen LogP contribution in [0.2, 0.25) is 0 Å². The number of amides is 1. The van der Waals surface area contributed by atoms with Crippen molar-refractivity contribution < 1.29 is 18.7 Å². The molecule has 166 valence electrons. The first-order chi connectivity index (χ1) is 16.0. The summed E-state index contributed by atoms with van der Waals surface area (Å²) in [5, 5.41) is 0.414. The van der Waals surface area contributed by atoms with Gasteiger partial charge in [0.15, 0.2) is 5.43 Å². The average molecular weight is 506 g/mol. The van der Waals surface area contributed by atoms with Gasteiger partial charge in [0.2, 0.25) is 5.76 Å². The standard InChI is InChI=1S/C26H20BrNO5/c1-3-32-18-10-8-17(9-11-18)28-23(15-5-4-6-19(13-15)31-2)22-24(29)20-14-16(27)7-12-21(20)33-25(22)26(28)30/h4-14,23H,3H2,1-2H3. The van der Waals surface area contributed by atoms with Gasteiger partial charge < -0.3 is 13.9 Å². The van der Waals surface area contributed by atoms with Gasteiger partial charge in [0, 0.05) is 10.2 Å². The van der Waals surface area contributed by atoms with E-state index in [1.807, 2.05) is 43.3 Å². The Morgan fingerprint density at radius 1 is 1.00 bits per heavy atom. The van der Waals surface area contributed by atoms with Gasteiger partial charge in [-0.2, -0.15) is 0 Å². The summed E-state index contributed by atoms with van der Waals surface area (Å²) in [7, 11) is 1.58. The van der Waals surface area contributed by atoms with Gasteiger partial charge in [-0.15, -0.1) is 0 Å². The molecule has 1 aromatic heterocycles. The molecule has 1 aliphatic heterocycles. The highest BCUT2D eigenvalue weighted by molar-refractivity contribution is 9.10. The third-order valence-electron chi connectivity index (χ3n) is 5.67. The van der Waals surface area contributed by atoms with Crippen molar-refractivity contribution in [1.82, 2.24) is 0 Å². The van der Waals surface area contributed by atoms with E-state index in [4.69, 9.17) is 13.9 Å². The molecule has 1 atom stereocenters. The van der Waals surface area contributed by atoms with Crippen LogP contribution in [0.1, 0.15) is 34.6 Å². The molecule has 0 saturated carbocycles. The van der Waals surface area contributed by atoms with Crippen LogP contribution in [0.5, 0.6) is 11.5 Å². The number of halogens is 1. The van der Waals surface area contributed by atoms with Crippen LogP contribution >= 0.6 is 15.9 Å². The fourth-order valence-electron chi connectivity index (χ4n) is 4.21. The lowest BCUT2D eigenvalue weighted by atomic mass is 9.98. The van der Waals surface area contributed by atoms with E-state index in [-0.39, 0.29) is 17.1 Å². The lowest BCUT2D eigenvalue weighted by Crippen LogP contribution is -2.29. The van der Waals surface area contributed by atoms with Crippen molar-refractivity contribution in [3.63, 3.8) is 0 Å². The Labute approximate surface area is 198 Å². The number of nitrogens with zero attached hydrogens (tertiary/aromatic N) is 1. The van der Waals surface area contributed by atoms with E-state index >= 15 is 0 Å². The molecule has 7 heteroatoms. The second kappa shape index (κ2) is 8.41. The minimum atomic E-state index is -0.667. The van der Waals surface area contributed by atoms with Gasteiger partial charge in [-0.25, -0.2) is 0 Å². The molecule has 0 fully saturated rings. The van der Waals surface area contributed by atoms with Crippen molar-refractivity contribution in [2.24, 2.45) is 0 Å². The Balaban J connectivity index is 1.75. The van der Waals surface area contributed by atoms with Crippen molar-refractivity contribution in [1.29, 1.82) is 0 Å². The number of benzene rings is 3. The zero-order chi connectivity index (χ0) is 23.1. The molecule has 2 heterocycles. The molecule has 4 aromatic rings. The number of fused-ring (bicyclic) bond motifs is 2. The van der Waals surface area contributed by atoms with Gasteiger partial charge in [-0.1, -0.05) is 28.1 Å². The molecule has 1 amide bonds. The topological polar surface area (TPSA) is 69.0 Å². The maximum absolute atomic E-state index is 13.7. The number of methoxy groups -OCH3 is 1. The monoisotopic (exact) mass is 505 g/mol. The van der Waals surface area contributed by atoms with Crippen LogP contribution in [-0.4, -0.2) is 19.6 Å². The van der Waals surface area contributed by atoms with E-state index in [9.17, 15) is 9.59 Å². The van der Waals surface area contributed by atoms with Gasteiger partial charge >= 0.3 is 0 Å². The van der Waals surface area contributed by atoms with E-state index in [0.29, 0.717) is 40.3 Å². The lowest BCUT2D eigenvalue weighted by molar-refractivity contribution is 0.0971. The molecule has 0 N–H and O–H groups in total. The number of ether oxygens (including phenoxy) is 2. The van der Waals surface area contributed by atoms with Crippen molar-refractivity contribution in [3.8, 4) is 11.5 Å². The van der Waals surface area contributed by atoms with Gasteiger partial charge in [-0.3, -0.25) is 14.5 Å². The van der Waals surface area contributed by atoms with Crippen LogP contribution in [0.15, 0.2) is 80.4 Å². The molecule has 1 unspecified atom stereocenters. The maximum atomic E-state index is 13.7. The van der Waals surface area contributed by atoms with E-state index in [1.54, 1.807) is 42.3 Å². The van der Waals surface area contributed by atoms with Gasteiger partial charge in [0.05, 0.1) is 30.7 Å². The van der Waals surface area contributed by atoms with Crippen molar-refractivity contribution in [2.45, 2.75) is 13.0 Å². The molecular formula is C26H20BrNO5. The Bertz CT molecular complexity index is 1430. The van der Waals surface area contributed by atoms with Crippen LogP contribution in [-0.2, 0) is 0 Å². The number of hydrogen-bond acceptors (Lipinski definition) is 5. The second-order valence-corrected chi connectivity index (χ2v) is 8.51. The lowest BCUT2D eigenvalue weighted by Gasteiger charge is -2.25. The highest BCUT2D eigenvalue weighted by atomic mass is 79.9.